The number of benzene rings is 1. The summed E-state index contributed by atoms with van der Waals surface area (Å²) in [5.41, 5.74) is 4.19. The van der Waals surface area contributed by atoms with Gasteiger partial charge < -0.3 is 4.74 Å². The molecule has 98 valence electrons. The first kappa shape index (κ1) is 13.3. The van der Waals surface area contributed by atoms with E-state index in [1.807, 2.05) is 18.4 Å². The quantitative estimate of drug-likeness (QED) is 0.688. The van der Waals surface area contributed by atoms with Gasteiger partial charge in [0.25, 0.3) is 5.91 Å². The van der Waals surface area contributed by atoms with E-state index in [0.29, 0.717) is 11.3 Å². The second-order valence-electron chi connectivity index (χ2n) is 3.90. The van der Waals surface area contributed by atoms with Crippen LogP contribution in [0.2, 0.25) is 0 Å². The number of methoxy groups -OCH3 is 1. The lowest BCUT2D eigenvalue weighted by Gasteiger charge is -2.01. The molecule has 0 spiro atoms. The maximum Gasteiger partial charge on any atom is 0.271 e. The van der Waals surface area contributed by atoms with Gasteiger partial charge in [0.05, 0.1) is 13.3 Å². The topological polar surface area (TPSA) is 50.7 Å². The van der Waals surface area contributed by atoms with Crippen molar-refractivity contribution in [3.05, 3.63) is 51.7 Å². The van der Waals surface area contributed by atoms with E-state index < -0.39 is 0 Å². The molecule has 0 fully saturated rings. The predicted octanol–water partition coefficient (Wildman–Crippen LogP) is 2.83. The largest absolute Gasteiger partial charge is 0.497 e. The summed E-state index contributed by atoms with van der Waals surface area (Å²) in [6, 6.07) is 8.88. The van der Waals surface area contributed by atoms with E-state index in [1.165, 1.54) is 0 Å². The van der Waals surface area contributed by atoms with E-state index in [0.717, 1.165) is 10.4 Å². The summed E-state index contributed by atoms with van der Waals surface area (Å²) in [6.45, 7) is 2.00. The number of ether oxygens (including phenoxy) is 1. The Morgan fingerprint density at radius 1 is 1.32 bits per heavy atom. The number of rotatable bonds is 4. The fourth-order valence-corrected chi connectivity index (χ4v) is 2.26. The van der Waals surface area contributed by atoms with Gasteiger partial charge >= 0.3 is 0 Å². The highest BCUT2D eigenvalue weighted by Gasteiger charge is 2.04. The van der Waals surface area contributed by atoms with Crippen molar-refractivity contribution in [2.75, 3.05) is 7.11 Å². The molecular weight excluding hydrogens is 260 g/mol. The number of carbonyl (C=O) groups excluding carboxylic acids is 1. The van der Waals surface area contributed by atoms with Crippen LogP contribution in [0.5, 0.6) is 5.75 Å². The second-order valence-corrected chi connectivity index (χ2v) is 4.84. The Morgan fingerprint density at radius 3 is 2.63 bits per heavy atom. The fraction of sp³-hybridized carbons (Fsp3) is 0.143. The van der Waals surface area contributed by atoms with Crippen LogP contribution in [-0.4, -0.2) is 19.2 Å². The van der Waals surface area contributed by atoms with Gasteiger partial charge in [0.15, 0.2) is 0 Å². The summed E-state index contributed by atoms with van der Waals surface area (Å²) >= 11 is 1.58. The third-order valence-electron chi connectivity index (χ3n) is 2.60. The summed E-state index contributed by atoms with van der Waals surface area (Å²) in [5.74, 6) is 0.474. The minimum Gasteiger partial charge on any atom is -0.497 e. The Balaban J connectivity index is 1.97. The second kappa shape index (κ2) is 6.15. The smallest absolute Gasteiger partial charge is 0.271 e. The molecular formula is C14H14N2O2S. The molecule has 0 aliphatic rings. The first-order valence-corrected chi connectivity index (χ1v) is 6.60. The van der Waals surface area contributed by atoms with Gasteiger partial charge in [-0.3, -0.25) is 4.79 Å². The highest BCUT2D eigenvalue weighted by Crippen LogP contribution is 2.13. The maximum atomic E-state index is 11.8. The van der Waals surface area contributed by atoms with Crippen LogP contribution in [0.1, 0.15) is 20.8 Å². The van der Waals surface area contributed by atoms with E-state index >= 15 is 0 Å². The van der Waals surface area contributed by atoms with Crippen LogP contribution in [0.4, 0.5) is 0 Å². The van der Waals surface area contributed by atoms with Crippen molar-refractivity contribution in [3.63, 3.8) is 0 Å². The summed E-state index contributed by atoms with van der Waals surface area (Å²) in [4.78, 5) is 12.8. The first-order valence-electron chi connectivity index (χ1n) is 5.72. The number of hydrogen-bond acceptors (Lipinski definition) is 4. The van der Waals surface area contributed by atoms with E-state index in [4.69, 9.17) is 4.74 Å². The van der Waals surface area contributed by atoms with E-state index in [-0.39, 0.29) is 5.91 Å². The van der Waals surface area contributed by atoms with Crippen molar-refractivity contribution in [2.45, 2.75) is 6.92 Å². The predicted molar refractivity (Wildman–Crippen MR) is 77.1 cm³/mol. The van der Waals surface area contributed by atoms with Crippen LogP contribution >= 0.6 is 11.3 Å². The fourth-order valence-electron chi connectivity index (χ4n) is 1.47. The Kier molecular flexibility index (Phi) is 4.30. The van der Waals surface area contributed by atoms with Crippen molar-refractivity contribution < 1.29 is 9.53 Å². The molecule has 1 N–H and O–H groups in total. The van der Waals surface area contributed by atoms with Gasteiger partial charge in [0, 0.05) is 10.4 Å². The van der Waals surface area contributed by atoms with Gasteiger partial charge in [0.1, 0.15) is 5.75 Å². The molecule has 1 heterocycles. The van der Waals surface area contributed by atoms with Gasteiger partial charge in [-0.25, -0.2) is 5.43 Å². The Morgan fingerprint density at radius 2 is 2.05 bits per heavy atom. The third kappa shape index (κ3) is 3.42. The van der Waals surface area contributed by atoms with Gasteiger partial charge in [0.2, 0.25) is 0 Å². The lowest BCUT2D eigenvalue weighted by Crippen LogP contribution is -2.17. The van der Waals surface area contributed by atoms with Gasteiger partial charge in [-0.1, -0.05) is 0 Å². The van der Waals surface area contributed by atoms with Crippen LogP contribution in [-0.2, 0) is 0 Å². The van der Waals surface area contributed by atoms with E-state index in [2.05, 4.69) is 10.5 Å². The minimum atomic E-state index is -0.242. The molecule has 19 heavy (non-hydrogen) atoms. The standard InChI is InChI=1S/C14H14N2O2S/c1-10-7-8-19-13(10)9-15-16-14(17)11-3-5-12(18-2)6-4-11/h3-9H,1-2H3,(H,16,17)/b15-9+. The third-order valence-corrected chi connectivity index (χ3v) is 3.56. The van der Waals surface area contributed by atoms with Crippen molar-refractivity contribution >= 4 is 23.5 Å². The highest BCUT2D eigenvalue weighted by molar-refractivity contribution is 7.11. The van der Waals surface area contributed by atoms with Crippen LogP contribution in [0.25, 0.3) is 0 Å². The molecule has 1 amide bonds. The molecule has 0 bridgehead atoms. The van der Waals surface area contributed by atoms with Crippen LogP contribution < -0.4 is 10.2 Å². The zero-order valence-electron chi connectivity index (χ0n) is 10.7. The first-order chi connectivity index (χ1) is 9.20. The highest BCUT2D eigenvalue weighted by atomic mass is 32.1. The Bertz CT molecular complexity index is 588. The number of aryl methyl sites for hydroxylation is 1. The Labute approximate surface area is 115 Å². The summed E-state index contributed by atoms with van der Waals surface area (Å²) in [5, 5.41) is 5.94. The van der Waals surface area contributed by atoms with Gasteiger partial charge in [-0.15, -0.1) is 11.3 Å². The summed E-state index contributed by atoms with van der Waals surface area (Å²) < 4.78 is 5.03. The summed E-state index contributed by atoms with van der Waals surface area (Å²) in [7, 11) is 1.59. The number of nitrogens with one attached hydrogen (secondary N) is 1. The number of hydrogen-bond donors (Lipinski definition) is 1. The zero-order valence-corrected chi connectivity index (χ0v) is 11.5. The molecule has 0 atom stereocenters. The van der Waals surface area contributed by atoms with E-state index in [1.54, 1.807) is 48.9 Å². The molecule has 2 rings (SSSR count). The number of carbonyl (C=O) groups is 1. The SMILES string of the molecule is COc1ccc(C(=O)N/N=C/c2sccc2C)cc1. The maximum absolute atomic E-state index is 11.8. The van der Waals surface area contributed by atoms with Crippen molar-refractivity contribution in [3.8, 4) is 5.75 Å². The lowest BCUT2D eigenvalue weighted by molar-refractivity contribution is 0.0955. The van der Waals surface area contributed by atoms with Crippen molar-refractivity contribution in [2.24, 2.45) is 5.10 Å². The minimum absolute atomic E-state index is 0.242. The Hall–Kier alpha value is -2.14. The molecule has 0 unspecified atom stereocenters. The van der Waals surface area contributed by atoms with Crippen LogP contribution in [0.15, 0.2) is 40.8 Å². The summed E-state index contributed by atoms with van der Waals surface area (Å²) in [6.07, 6.45) is 1.65. The normalized spacial score (nSPS) is 10.6. The van der Waals surface area contributed by atoms with Crippen LogP contribution in [0, 0.1) is 6.92 Å². The molecule has 5 heteroatoms. The lowest BCUT2D eigenvalue weighted by atomic mass is 10.2. The number of thiophene rings is 1. The van der Waals surface area contributed by atoms with Gasteiger partial charge in [-0.2, -0.15) is 5.10 Å². The van der Waals surface area contributed by atoms with Crippen LogP contribution in [0.3, 0.4) is 0 Å². The molecule has 0 radical (unpaired) electrons. The number of hydrazone groups is 1. The molecule has 0 saturated heterocycles. The van der Waals surface area contributed by atoms with Gasteiger partial charge in [-0.05, 0) is 48.2 Å². The average molecular weight is 274 g/mol. The van der Waals surface area contributed by atoms with E-state index in [9.17, 15) is 4.79 Å². The van der Waals surface area contributed by atoms with Crippen molar-refractivity contribution in [1.29, 1.82) is 0 Å². The molecule has 2 aromatic rings. The molecule has 1 aromatic heterocycles. The zero-order chi connectivity index (χ0) is 13.7. The molecule has 0 aliphatic heterocycles. The molecule has 4 nitrogen and oxygen atoms in total. The monoisotopic (exact) mass is 274 g/mol. The average Bonchev–Trinajstić information content (AvgIpc) is 2.84. The molecule has 0 aliphatic carbocycles. The van der Waals surface area contributed by atoms with Crippen molar-refractivity contribution in [1.82, 2.24) is 5.43 Å². The number of nitrogens with zero attached hydrogens (tertiary/aromatic N) is 1. The number of amides is 1. The molecule has 0 saturated carbocycles. The molecule has 1 aromatic carbocycles.